The molecule has 5 aliphatic rings. The van der Waals surface area contributed by atoms with Crippen molar-refractivity contribution in [3.05, 3.63) is 0 Å². The van der Waals surface area contributed by atoms with Crippen LogP contribution in [0, 0.1) is 0 Å². The Hall–Kier alpha value is -1.25. The number of piperazine rings is 2. The highest BCUT2D eigenvalue weighted by Gasteiger charge is 2.17. The van der Waals surface area contributed by atoms with Crippen molar-refractivity contribution < 1.29 is 14.3 Å². The van der Waals surface area contributed by atoms with E-state index in [0.717, 1.165) is 144 Å². The van der Waals surface area contributed by atoms with Gasteiger partial charge in [-0.1, -0.05) is 110 Å². The van der Waals surface area contributed by atoms with Crippen LogP contribution >= 0.6 is 0 Å². The second-order valence-corrected chi connectivity index (χ2v) is 24.8. The number of nitrogens with two attached hydrogens (primary N) is 1. The van der Waals surface area contributed by atoms with Gasteiger partial charge in [0.25, 0.3) is 0 Å². The molecule has 572 valence electrons. The fourth-order valence-corrected chi connectivity index (χ4v) is 8.19. The van der Waals surface area contributed by atoms with Gasteiger partial charge in [-0.15, -0.1) is 0 Å². The van der Waals surface area contributed by atoms with Crippen molar-refractivity contribution in [1.29, 1.82) is 0 Å². The van der Waals surface area contributed by atoms with Crippen molar-refractivity contribution in [1.82, 2.24) is 79.6 Å². The predicted molar refractivity (Wildman–Crippen MR) is 419 cm³/mol. The van der Waals surface area contributed by atoms with E-state index in [1.807, 2.05) is 18.9 Å². The Kier molecular flexibility index (Phi) is 105. The Morgan fingerprint density at radius 3 is 1.05 bits per heavy atom. The van der Waals surface area contributed by atoms with Crippen LogP contribution in [0.15, 0.2) is 0 Å². The molecule has 0 aromatic heterocycles. The molecule has 93 heavy (non-hydrogen) atoms. The molecule has 0 aliphatic carbocycles. The highest BCUT2D eigenvalue weighted by molar-refractivity contribution is 5.73. The molecular weight excluding hydrogens is 1160 g/mol. The predicted octanol–water partition coefficient (Wildman–Crippen LogP) is 7.71. The van der Waals surface area contributed by atoms with Gasteiger partial charge >= 0.3 is 0 Å². The SMILES string of the molecule is CCCNCC.CCN.CCN(C)C.CCN(C)CCCN(C)C.CCN(C)CCN(C)C.CCN(C)CCOC.CCN1CCCC1.CCN1CCCCC1.CCN1CCN(C(C)=O)CC1.CCN1CCN(C)CC1.CCN1CCOCC1.CCNC.CCNCC. The van der Waals surface area contributed by atoms with Crippen LogP contribution in [-0.2, 0) is 14.3 Å². The number of likely N-dealkylation sites (N-methyl/N-ethyl adjacent to an activating group) is 7. The number of nitrogens with zero attached hydrogens (tertiary/aromatic N) is 13. The number of rotatable bonds is 25. The van der Waals surface area contributed by atoms with Gasteiger partial charge in [-0.3, -0.25) is 9.69 Å². The summed E-state index contributed by atoms with van der Waals surface area (Å²) >= 11 is 0. The minimum absolute atomic E-state index is 0.209. The molecule has 0 aromatic carbocycles. The number of piperidine rings is 1. The van der Waals surface area contributed by atoms with Crippen LogP contribution in [-0.4, -0.2) is 397 Å². The first-order valence-corrected chi connectivity index (χ1v) is 37.8. The molecule has 0 spiro atoms. The largest absolute Gasteiger partial charge is 0.383 e. The maximum absolute atomic E-state index is 10.9. The number of amides is 1. The molecule has 20 nitrogen and oxygen atoms in total. The summed E-state index contributed by atoms with van der Waals surface area (Å²) in [6.45, 7) is 75.6. The number of likely N-dealkylation sites (tertiary alicyclic amines) is 2. The molecule has 5 N–H and O–H groups in total. The van der Waals surface area contributed by atoms with Crippen LogP contribution in [0.3, 0.4) is 0 Å². The third-order valence-electron chi connectivity index (χ3n) is 15.9. The minimum atomic E-state index is 0.209. The zero-order valence-corrected chi connectivity index (χ0v) is 68.7. The van der Waals surface area contributed by atoms with E-state index in [2.05, 4.69) is 242 Å². The van der Waals surface area contributed by atoms with Gasteiger partial charge in [0, 0.05) is 99.1 Å². The summed E-state index contributed by atoms with van der Waals surface area (Å²) in [4.78, 5) is 40.8. The van der Waals surface area contributed by atoms with Gasteiger partial charge < -0.3 is 90.0 Å². The lowest BCUT2D eigenvalue weighted by molar-refractivity contribution is -0.130. The highest BCUT2D eigenvalue weighted by Crippen LogP contribution is 2.07. The lowest BCUT2D eigenvalue weighted by atomic mass is 10.1. The summed E-state index contributed by atoms with van der Waals surface area (Å²) in [6.07, 6.45) is 9.67. The number of carbonyl (C=O) groups is 1. The first-order valence-electron chi connectivity index (χ1n) is 37.8. The zero-order chi connectivity index (χ0) is 72.7. The number of hydrogen-bond acceptors (Lipinski definition) is 19. The van der Waals surface area contributed by atoms with Gasteiger partial charge in [-0.2, -0.15) is 0 Å². The first kappa shape index (κ1) is 108. The lowest BCUT2D eigenvalue weighted by Crippen LogP contribution is -2.47. The van der Waals surface area contributed by atoms with E-state index in [-0.39, 0.29) is 5.91 Å². The molecule has 0 bridgehead atoms. The van der Waals surface area contributed by atoms with E-state index in [9.17, 15) is 4.79 Å². The summed E-state index contributed by atoms with van der Waals surface area (Å²) in [5, 5.41) is 9.24. The van der Waals surface area contributed by atoms with Crippen molar-refractivity contribution in [3.8, 4) is 0 Å². The van der Waals surface area contributed by atoms with Crippen LogP contribution in [0.25, 0.3) is 0 Å². The standard InChI is InChI=1S/C8H16N2O.C8H20N2.C7H16N2.C7H18N2.C7H15N.C6H13NO.C6H15NO.C6H13N.C5H13N.2C4H11N.C3H9N.C2H7N/c1-3-9-4-6-10(7-5-9)8(2)11;1-5-10(4)8-6-7-9(2)3;1-3-9-6-4-8(2)5-7-9;1-5-9(4)7-6-8(2)3;1-2-8-6-4-3-5-7-8;1-2-7-3-5-8-6-4-7;1-4-7(2)5-6-8-3;1-2-7-5-3-4-6-7;1-3-5-6-4-2;1-4-5(2)3;1-3-5-4-2;1-3-4-2;1-2-3/h3-7H2,1-2H3;5-8H2,1-4H3;3-7H2,1-2H3;5-7H2,1-4H3;2-7H2,1H3;2-6H2,1H3;4-6H2,1-3H3;2-6H2,1H3;6H,3-5H2,1-2H3;4H2,1-3H3;5H,3-4H2,1-2H3;4H,3H2,1-2H3;2-3H2,1H3. The highest BCUT2D eigenvalue weighted by atomic mass is 16.5. The van der Waals surface area contributed by atoms with Gasteiger partial charge in [0.15, 0.2) is 0 Å². The summed E-state index contributed by atoms with van der Waals surface area (Å²) in [7, 11) is 24.8. The molecule has 0 unspecified atom stereocenters. The zero-order valence-electron chi connectivity index (χ0n) is 68.7. The molecule has 5 rings (SSSR count). The Morgan fingerprint density at radius 1 is 0.441 bits per heavy atom. The topological polar surface area (TPSA) is 140 Å². The minimum Gasteiger partial charge on any atom is -0.383 e. The Morgan fingerprint density at radius 2 is 0.785 bits per heavy atom. The van der Waals surface area contributed by atoms with E-state index in [4.69, 9.17) is 15.2 Å². The Bertz CT molecular complexity index is 1240. The number of carbonyl (C=O) groups excluding carboxylic acids is 1. The van der Waals surface area contributed by atoms with Crippen LogP contribution < -0.4 is 21.7 Å². The monoisotopic (exact) mass is 1340 g/mol. The molecule has 5 saturated heterocycles. The Labute approximate surface area is 585 Å². The number of morpholine rings is 1. The van der Waals surface area contributed by atoms with Crippen molar-refractivity contribution in [2.45, 2.75) is 156 Å². The van der Waals surface area contributed by atoms with E-state index in [1.165, 1.54) is 143 Å². The molecule has 20 heteroatoms. The van der Waals surface area contributed by atoms with Gasteiger partial charge in [0.1, 0.15) is 0 Å². The quantitative estimate of drug-likeness (QED) is 0.0664. The van der Waals surface area contributed by atoms with E-state index >= 15 is 0 Å². The fourth-order valence-electron chi connectivity index (χ4n) is 8.19. The number of nitrogens with one attached hydrogen (secondary N) is 3. The molecular formula is C73H177N17O3. The third-order valence-corrected chi connectivity index (χ3v) is 15.9. The third kappa shape index (κ3) is 99.5. The maximum Gasteiger partial charge on any atom is 0.219 e. The van der Waals surface area contributed by atoms with Crippen molar-refractivity contribution >= 4 is 5.91 Å². The fraction of sp³-hybridized carbons (Fsp3) is 0.986. The van der Waals surface area contributed by atoms with Crippen LogP contribution in [0.1, 0.15) is 156 Å². The smallest absolute Gasteiger partial charge is 0.219 e. The second-order valence-electron chi connectivity index (χ2n) is 24.8. The number of hydrogen-bond donors (Lipinski definition) is 4. The van der Waals surface area contributed by atoms with Crippen LogP contribution in [0.2, 0.25) is 0 Å². The second kappa shape index (κ2) is 90.8. The maximum atomic E-state index is 10.9. The van der Waals surface area contributed by atoms with Crippen LogP contribution in [0.4, 0.5) is 0 Å². The van der Waals surface area contributed by atoms with Gasteiger partial charge in [-0.25, -0.2) is 0 Å². The molecule has 5 aliphatic heterocycles. The Balaban J connectivity index is -0.000000142. The van der Waals surface area contributed by atoms with Gasteiger partial charge in [-0.05, 0) is 253 Å². The van der Waals surface area contributed by atoms with Crippen LogP contribution in [0.5, 0.6) is 0 Å². The van der Waals surface area contributed by atoms with E-state index in [1.54, 1.807) is 14.0 Å². The summed E-state index contributed by atoms with van der Waals surface area (Å²) in [5.74, 6) is 0.209. The number of methoxy groups -OCH3 is 1. The van der Waals surface area contributed by atoms with Crippen molar-refractivity contribution in [2.75, 3.05) is 327 Å². The average molecular weight is 1340 g/mol. The van der Waals surface area contributed by atoms with Gasteiger partial charge in [0.05, 0.1) is 19.8 Å². The normalized spacial score (nSPS) is 15.9. The molecule has 0 atom stereocenters. The molecule has 1 amide bonds. The van der Waals surface area contributed by atoms with Crippen molar-refractivity contribution in [3.63, 3.8) is 0 Å². The van der Waals surface area contributed by atoms with E-state index < -0.39 is 0 Å². The lowest BCUT2D eigenvalue weighted by Gasteiger charge is -2.33. The molecule has 0 saturated carbocycles. The average Bonchev–Trinajstić information content (AvgIpc) is 3.14. The van der Waals surface area contributed by atoms with E-state index in [0.29, 0.717) is 0 Å². The van der Waals surface area contributed by atoms with Crippen molar-refractivity contribution in [2.24, 2.45) is 5.73 Å². The van der Waals surface area contributed by atoms with Gasteiger partial charge in [0.2, 0.25) is 5.91 Å². The molecule has 5 heterocycles. The summed E-state index contributed by atoms with van der Waals surface area (Å²) in [6, 6.07) is 0. The molecule has 0 aromatic rings. The summed E-state index contributed by atoms with van der Waals surface area (Å²) in [5.41, 5.74) is 4.85. The first-order chi connectivity index (χ1) is 44.4. The summed E-state index contributed by atoms with van der Waals surface area (Å²) < 4.78 is 10.0. The number of ether oxygens (including phenoxy) is 2. The molecule has 5 fully saturated rings. The molecule has 0 radical (unpaired) electrons.